The van der Waals surface area contributed by atoms with Crippen molar-refractivity contribution in [2.24, 2.45) is 0 Å². The van der Waals surface area contributed by atoms with Gasteiger partial charge in [-0.1, -0.05) is 23.7 Å². The molecule has 0 fully saturated rings. The second-order valence-corrected chi connectivity index (χ2v) is 5.66. The number of nitrogens with zero attached hydrogens (tertiary/aromatic N) is 1. The van der Waals surface area contributed by atoms with Crippen molar-refractivity contribution in [3.05, 3.63) is 58.9 Å². The predicted octanol–water partition coefficient (Wildman–Crippen LogP) is 4.03. The summed E-state index contributed by atoms with van der Waals surface area (Å²) in [4.78, 5) is 4.03. The van der Waals surface area contributed by atoms with Crippen LogP contribution in [0.2, 0.25) is 5.02 Å². The van der Waals surface area contributed by atoms with Gasteiger partial charge in [-0.25, -0.2) is 0 Å². The van der Waals surface area contributed by atoms with Crippen LogP contribution >= 0.6 is 11.6 Å². The number of hydrogen-bond acceptors (Lipinski definition) is 3. The number of benzene rings is 1. The van der Waals surface area contributed by atoms with Gasteiger partial charge in [0.25, 0.3) is 0 Å². The minimum atomic E-state index is 0.169. The number of hydrogen-bond donors (Lipinski definition) is 1. The van der Waals surface area contributed by atoms with E-state index in [1.54, 1.807) is 12.4 Å². The number of aromatic nitrogens is 1. The first-order chi connectivity index (χ1) is 10.1. The molecule has 0 spiro atoms. The summed E-state index contributed by atoms with van der Waals surface area (Å²) in [6, 6.07) is 10.3. The highest BCUT2D eigenvalue weighted by molar-refractivity contribution is 6.31. The molecule has 2 aromatic rings. The van der Waals surface area contributed by atoms with Gasteiger partial charge in [-0.2, -0.15) is 0 Å². The lowest BCUT2D eigenvalue weighted by Crippen LogP contribution is -2.19. The van der Waals surface area contributed by atoms with E-state index in [0.29, 0.717) is 5.02 Å². The van der Waals surface area contributed by atoms with E-state index in [0.717, 1.165) is 17.7 Å². The summed E-state index contributed by atoms with van der Waals surface area (Å²) in [5.74, 6) is 0.892. The van der Waals surface area contributed by atoms with Crippen LogP contribution in [0, 0.1) is 0 Å². The fraction of sp³-hybridized carbons (Fsp3) is 0.353. The Balaban J connectivity index is 2.19. The summed E-state index contributed by atoms with van der Waals surface area (Å²) in [6.07, 6.45) is 4.43. The zero-order valence-corrected chi connectivity index (χ0v) is 13.4. The fourth-order valence-electron chi connectivity index (χ4n) is 2.25. The zero-order valence-electron chi connectivity index (χ0n) is 12.6. The molecule has 1 atom stereocenters. The van der Waals surface area contributed by atoms with Crippen molar-refractivity contribution in [2.75, 3.05) is 7.05 Å². The molecule has 1 N–H and O–H groups in total. The van der Waals surface area contributed by atoms with E-state index >= 15 is 0 Å². The van der Waals surface area contributed by atoms with E-state index in [1.807, 2.05) is 39.1 Å². The van der Waals surface area contributed by atoms with Crippen LogP contribution in [-0.2, 0) is 6.42 Å². The molecule has 0 radical (unpaired) electrons. The van der Waals surface area contributed by atoms with Gasteiger partial charge in [0.05, 0.1) is 11.1 Å². The Morgan fingerprint density at radius 2 is 2.10 bits per heavy atom. The number of rotatable bonds is 6. The maximum absolute atomic E-state index is 6.20. The quantitative estimate of drug-likeness (QED) is 0.875. The monoisotopic (exact) mass is 304 g/mol. The molecule has 0 aliphatic rings. The summed E-state index contributed by atoms with van der Waals surface area (Å²) >= 11 is 6.20. The Bertz CT molecular complexity index is 587. The van der Waals surface area contributed by atoms with Crippen molar-refractivity contribution in [2.45, 2.75) is 32.4 Å². The normalized spacial score (nSPS) is 12.4. The second-order valence-electron chi connectivity index (χ2n) is 5.25. The van der Waals surface area contributed by atoms with Gasteiger partial charge in [0.1, 0.15) is 5.75 Å². The minimum Gasteiger partial charge on any atom is -0.491 e. The van der Waals surface area contributed by atoms with Crippen molar-refractivity contribution in [1.29, 1.82) is 0 Å². The zero-order chi connectivity index (χ0) is 15.2. The van der Waals surface area contributed by atoms with Gasteiger partial charge in [-0.05, 0) is 56.6 Å². The third-order valence-corrected chi connectivity index (χ3v) is 3.60. The van der Waals surface area contributed by atoms with Crippen molar-refractivity contribution in [3.8, 4) is 5.75 Å². The van der Waals surface area contributed by atoms with Crippen LogP contribution in [0.25, 0.3) is 0 Å². The molecule has 21 heavy (non-hydrogen) atoms. The van der Waals surface area contributed by atoms with Crippen LogP contribution < -0.4 is 10.1 Å². The van der Waals surface area contributed by atoms with Gasteiger partial charge in [0.15, 0.2) is 0 Å². The van der Waals surface area contributed by atoms with Gasteiger partial charge in [-0.15, -0.1) is 0 Å². The number of halogens is 1. The Labute approximate surface area is 131 Å². The summed E-state index contributed by atoms with van der Waals surface area (Å²) in [5.41, 5.74) is 2.27. The van der Waals surface area contributed by atoms with Crippen LogP contribution in [0.15, 0.2) is 42.7 Å². The predicted molar refractivity (Wildman–Crippen MR) is 87.0 cm³/mol. The third kappa shape index (κ3) is 4.45. The molecule has 1 heterocycles. The van der Waals surface area contributed by atoms with Gasteiger partial charge in [-0.3, -0.25) is 4.98 Å². The number of ether oxygens (including phenoxy) is 1. The largest absolute Gasteiger partial charge is 0.491 e. The molecule has 0 amide bonds. The number of nitrogens with one attached hydrogen (secondary N) is 1. The highest BCUT2D eigenvalue weighted by Crippen LogP contribution is 2.25. The van der Waals surface area contributed by atoms with Gasteiger partial charge in [0, 0.05) is 18.4 Å². The average Bonchev–Trinajstić information content (AvgIpc) is 2.46. The molecule has 0 saturated carbocycles. The van der Waals surface area contributed by atoms with Crippen LogP contribution in [0.5, 0.6) is 5.75 Å². The molecule has 1 aromatic heterocycles. The lowest BCUT2D eigenvalue weighted by molar-refractivity contribution is 0.242. The maximum Gasteiger partial charge on any atom is 0.120 e. The molecular weight excluding hydrogens is 284 g/mol. The maximum atomic E-state index is 6.20. The molecular formula is C17H21ClN2O. The van der Waals surface area contributed by atoms with Crippen molar-refractivity contribution >= 4 is 11.6 Å². The topological polar surface area (TPSA) is 34.2 Å². The van der Waals surface area contributed by atoms with Crippen molar-refractivity contribution < 1.29 is 4.74 Å². The molecule has 3 nitrogen and oxygen atoms in total. The molecule has 1 aromatic carbocycles. The fourth-order valence-corrected chi connectivity index (χ4v) is 2.45. The van der Waals surface area contributed by atoms with Crippen LogP contribution in [0.4, 0.5) is 0 Å². The van der Waals surface area contributed by atoms with E-state index in [1.165, 1.54) is 5.56 Å². The van der Waals surface area contributed by atoms with E-state index in [2.05, 4.69) is 22.4 Å². The van der Waals surface area contributed by atoms with Crippen LogP contribution in [0.3, 0.4) is 0 Å². The summed E-state index contributed by atoms with van der Waals surface area (Å²) in [7, 11) is 1.95. The number of likely N-dealkylation sites (N-methyl/N-ethyl adjacent to an activating group) is 1. The van der Waals surface area contributed by atoms with Gasteiger partial charge < -0.3 is 10.1 Å². The smallest absolute Gasteiger partial charge is 0.120 e. The summed E-state index contributed by atoms with van der Waals surface area (Å²) < 4.78 is 5.76. The standard InChI is InChI=1S/C17H21ClN2O/c1-12(2)21-15-6-4-5-14(9-15)17(19-3)10-13-7-8-20-11-16(13)18/h4-9,11-12,17,19H,10H2,1-3H3. The van der Waals surface area contributed by atoms with E-state index in [9.17, 15) is 0 Å². The Hall–Kier alpha value is -1.58. The molecule has 1 unspecified atom stereocenters. The van der Waals surface area contributed by atoms with E-state index < -0.39 is 0 Å². The highest BCUT2D eigenvalue weighted by Gasteiger charge is 2.13. The van der Waals surface area contributed by atoms with E-state index in [-0.39, 0.29) is 12.1 Å². The second kappa shape index (κ2) is 7.43. The van der Waals surface area contributed by atoms with Crippen LogP contribution in [0.1, 0.15) is 31.0 Å². The summed E-state index contributed by atoms with van der Waals surface area (Å²) in [6.45, 7) is 4.05. The summed E-state index contributed by atoms with van der Waals surface area (Å²) in [5, 5.41) is 4.04. The average molecular weight is 305 g/mol. The van der Waals surface area contributed by atoms with Gasteiger partial charge >= 0.3 is 0 Å². The first-order valence-electron chi connectivity index (χ1n) is 7.12. The lowest BCUT2D eigenvalue weighted by Gasteiger charge is -2.19. The minimum absolute atomic E-state index is 0.169. The SMILES string of the molecule is CNC(Cc1ccncc1Cl)c1cccc(OC(C)C)c1. The lowest BCUT2D eigenvalue weighted by atomic mass is 9.99. The molecule has 2 rings (SSSR count). The molecule has 4 heteroatoms. The van der Waals surface area contributed by atoms with Crippen molar-refractivity contribution in [1.82, 2.24) is 10.3 Å². The third-order valence-electron chi connectivity index (χ3n) is 3.26. The molecule has 0 bridgehead atoms. The molecule has 0 saturated heterocycles. The molecule has 112 valence electrons. The Morgan fingerprint density at radius 1 is 1.29 bits per heavy atom. The Kier molecular flexibility index (Phi) is 5.59. The first kappa shape index (κ1) is 15.8. The van der Waals surface area contributed by atoms with Crippen molar-refractivity contribution in [3.63, 3.8) is 0 Å². The molecule has 0 aliphatic heterocycles. The van der Waals surface area contributed by atoms with Crippen LogP contribution in [-0.4, -0.2) is 18.1 Å². The number of pyridine rings is 1. The van der Waals surface area contributed by atoms with E-state index in [4.69, 9.17) is 16.3 Å². The van der Waals surface area contributed by atoms with Gasteiger partial charge in [0.2, 0.25) is 0 Å². The first-order valence-corrected chi connectivity index (χ1v) is 7.50. The Morgan fingerprint density at radius 3 is 2.76 bits per heavy atom. The highest BCUT2D eigenvalue weighted by atomic mass is 35.5. The molecule has 0 aliphatic carbocycles.